The number of ketones is 1. The molecule has 3 nitrogen and oxygen atoms in total. The highest BCUT2D eigenvalue weighted by molar-refractivity contribution is 5.81. The van der Waals surface area contributed by atoms with Crippen molar-refractivity contribution in [1.29, 1.82) is 0 Å². The van der Waals surface area contributed by atoms with Crippen LogP contribution in [0, 0.1) is 11.8 Å². The first-order chi connectivity index (χ1) is 5.79. The standard InChI is InChI=1S/C9H17NO2/c1-2-9(11)8-3-4-12-6-7(8)5-10/h7-8H,2-6,10H2,1H3. The molecule has 3 heteroatoms. The van der Waals surface area contributed by atoms with Crippen LogP contribution in [0.15, 0.2) is 0 Å². The summed E-state index contributed by atoms with van der Waals surface area (Å²) < 4.78 is 5.27. The zero-order valence-electron chi connectivity index (χ0n) is 7.58. The van der Waals surface area contributed by atoms with Crippen LogP contribution in [-0.4, -0.2) is 25.5 Å². The predicted octanol–water partition coefficient (Wildman–Crippen LogP) is 0.577. The fourth-order valence-electron chi connectivity index (χ4n) is 1.72. The van der Waals surface area contributed by atoms with Crippen LogP contribution in [0.4, 0.5) is 0 Å². The molecule has 0 amide bonds. The normalized spacial score (nSPS) is 30.2. The van der Waals surface area contributed by atoms with E-state index in [9.17, 15) is 4.79 Å². The SMILES string of the molecule is CCC(=O)C1CCOCC1CN. The molecule has 1 heterocycles. The molecule has 0 saturated carbocycles. The molecule has 1 saturated heterocycles. The van der Waals surface area contributed by atoms with E-state index in [0.29, 0.717) is 32.0 Å². The first kappa shape index (κ1) is 9.68. The summed E-state index contributed by atoms with van der Waals surface area (Å²) in [5.74, 6) is 0.758. The molecule has 2 N–H and O–H groups in total. The van der Waals surface area contributed by atoms with Gasteiger partial charge in [0.25, 0.3) is 0 Å². The van der Waals surface area contributed by atoms with Crippen LogP contribution >= 0.6 is 0 Å². The van der Waals surface area contributed by atoms with Crippen molar-refractivity contribution in [3.05, 3.63) is 0 Å². The van der Waals surface area contributed by atoms with Crippen LogP contribution in [0.3, 0.4) is 0 Å². The highest BCUT2D eigenvalue weighted by Gasteiger charge is 2.28. The third-order valence-electron chi connectivity index (χ3n) is 2.54. The van der Waals surface area contributed by atoms with Crippen molar-refractivity contribution in [2.45, 2.75) is 19.8 Å². The Hall–Kier alpha value is -0.410. The molecule has 0 radical (unpaired) electrons. The Bertz CT molecular complexity index is 159. The molecule has 1 fully saturated rings. The van der Waals surface area contributed by atoms with Gasteiger partial charge in [-0.1, -0.05) is 6.92 Å². The average Bonchev–Trinajstić information content (AvgIpc) is 2.16. The van der Waals surface area contributed by atoms with E-state index in [1.165, 1.54) is 0 Å². The Morgan fingerprint density at radius 3 is 3.00 bits per heavy atom. The van der Waals surface area contributed by atoms with Crippen molar-refractivity contribution in [3.63, 3.8) is 0 Å². The predicted molar refractivity (Wildman–Crippen MR) is 46.8 cm³/mol. The first-order valence-corrected chi connectivity index (χ1v) is 4.60. The molecule has 12 heavy (non-hydrogen) atoms. The van der Waals surface area contributed by atoms with Crippen LogP contribution in [-0.2, 0) is 9.53 Å². The quantitative estimate of drug-likeness (QED) is 0.675. The highest BCUT2D eigenvalue weighted by atomic mass is 16.5. The maximum atomic E-state index is 11.4. The first-order valence-electron chi connectivity index (χ1n) is 4.60. The lowest BCUT2D eigenvalue weighted by molar-refractivity contribution is -0.128. The Balaban J connectivity index is 2.52. The molecule has 0 aromatic heterocycles. The van der Waals surface area contributed by atoms with Crippen LogP contribution in [0.5, 0.6) is 0 Å². The molecule has 2 unspecified atom stereocenters. The van der Waals surface area contributed by atoms with Crippen LogP contribution in [0.2, 0.25) is 0 Å². The minimum absolute atomic E-state index is 0.161. The van der Waals surface area contributed by atoms with E-state index in [4.69, 9.17) is 10.5 Å². The monoisotopic (exact) mass is 171 g/mol. The number of hydrogen-bond acceptors (Lipinski definition) is 3. The third kappa shape index (κ3) is 2.05. The number of carbonyl (C=O) groups is 1. The fraction of sp³-hybridized carbons (Fsp3) is 0.889. The van der Waals surface area contributed by atoms with Gasteiger partial charge in [-0.15, -0.1) is 0 Å². The molecule has 0 aliphatic carbocycles. The minimum atomic E-state index is 0.161. The van der Waals surface area contributed by atoms with E-state index in [1.54, 1.807) is 0 Å². The second-order valence-electron chi connectivity index (χ2n) is 3.29. The smallest absolute Gasteiger partial charge is 0.136 e. The van der Waals surface area contributed by atoms with E-state index in [0.717, 1.165) is 6.42 Å². The van der Waals surface area contributed by atoms with E-state index in [1.807, 2.05) is 6.92 Å². The zero-order valence-corrected chi connectivity index (χ0v) is 7.58. The molecule has 2 atom stereocenters. The van der Waals surface area contributed by atoms with Crippen molar-refractivity contribution in [2.75, 3.05) is 19.8 Å². The van der Waals surface area contributed by atoms with Gasteiger partial charge in [-0.2, -0.15) is 0 Å². The lowest BCUT2D eigenvalue weighted by Crippen LogP contribution is -2.37. The Kier molecular flexibility index (Phi) is 3.69. The third-order valence-corrected chi connectivity index (χ3v) is 2.54. The summed E-state index contributed by atoms with van der Waals surface area (Å²) in [6.07, 6.45) is 1.48. The minimum Gasteiger partial charge on any atom is -0.381 e. The molecule has 0 aromatic carbocycles. The van der Waals surface area contributed by atoms with Crippen molar-refractivity contribution >= 4 is 5.78 Å². The van der Waals surface area contributed by atoms with Gasteiger partial charge in [0, 0.05) is 24.9 Å². The van der Waals surface area contributed by atoms with Crippen molar-refractivity contribution in [3.8, 4) is 0 Å². The summed E-state index contributed by atoms with van der Waals surface area (Å²) in [6.45, 7) is 3.85. The summed E-state index contributed by atoms with van der Waals surface area (Å²) >= 11 is 0. The second kappa shape index (κ2) is 4.58. The Morgan fingerprint density at radius 1 is 1.67 bits per heavy atom. The van der Waals surface area contributed by atoms with Gasteiger partial charge in [-0.05, 0) is 13.0 Å². The van der Waals surface area contributed by atoms with Gasteiger partial charge in [0.15, 0.2) is 0 Å². The maximum Gasteiger partial charge on any atom is 0.136 e. The summed E-state index contributed by atoms with van der Waals surface area (Å²) in [7, 11) is 0. The lowest BCUT2D eigenvalue weighted by atomic mass is 9.84. The van der Waals surface area contributed by atoms with Gasteiger partial charge in [0.05, 0.1) is 6.61 Å². The lowest BCUT2D eigenvalue weighted by Gasteiger charge is -2.29. The molecule has 0 aromatic rings. The van der Waals surface area contributed by atoms with Gasteiger partial charge >= 0.3 is 0 Å². The number of carbonyl (C=O) groups excluding carboxylic acids is 1. The van der Waals surface area contributed by atoms with Crippen molar-refractivity contribution in [2.24, 2.45) is 17.6 Å². The van der Waals surface area contributed by atoms with E-state index < -0.39 is 0 Å². The highest BCUT2D eigenvalue weighted by Crippen LogP contribution is 2.22. The topological polar surface area (TPSA) is 52.3 Å². The summed E-state index contributed by atoms with van der Waals surface area (Å²) in [5.41, 5.74) is 5.55. The Labute approximate surface area is 73.3 Å². The van der Waals surface area contributed by atoms with Crippen LogP contribution < -0.4 is 5.73 Å². The van der Waals surface area contributed by atoms with Gasteiger partial charge in [0.2, 0.25) is 0 Å². The van der Waals surface area contributed by atoms with Gasteiger partial charge in [-0.25, -0.2) is 0 Å². The summed E-state index contributed by atoms with van der Waals surface area (Å²) in [5, 5.41) is 0. The number of hydrogen-bond donors (Lipinski definition) is 1. The molecular weight excluding hydrogens is 154 g/mol. The largest absolute Gasteiger partial charge is 0.381 e. The van der Waals surface area contributed by atoms with E-state index >= 15 is 0 Å². The Morgan fingerprint density at radius 2 is 2.42 bits per heavy atom. The number of Topliss-reactive ketones (excluding diaryl/α,β-unsaturated/α-hetero) is 1. The van der Waals surface area contributed by atoms with Gasteiger partial charge in [0.1, 0.15) is 5.78 Å². The second-order valence-corrected chi connectivity index (χ2v) is 3.29. The number of ether oxygens (including phenoxy) is 1. The fourth-order valence-corrected chi connectivity index (χ4v) is 1.72. The number of rotatable bonds is 3. The molecule has 1 aliphatic heterocycles. The van der Waals surface area contributed by atoms with Crippen LogP contribution in [0.1, 0.15) is 19.8 Å². The van der Waals surface area contributed by atoms with Gasteiger partial charge in [-0.3, -0.25) is 4.79 Å². The molecule has 0 spiro atoms. The van der Waals surface area contributed by atoms with E-state index in [-0.39, 0.29) is 11.8 Å². The van der Waals surface area contributed by atoms with Crippen LogP contribution in [0.25, 0.3) is 0 Å². The van der Waals surface area contributed by atoms with Gasteiger partial charge < -0.3 is 10.5 Å². The zero-order chi connectivity index (χ0) is 8.97. The molecule has 70 valence electrons. The van der Waals surface area contributed by atoms with Crippen molar-refractivity contribution in [1.82, 2.24) is 0 Å². The summed E-state index contributed by atoms with van der Waals surface area (Å²) in [4.78, 5) is 11.4. The molecule has 1 rings (SSSR count). The van der Waals surface area contributed by atoms with E-state index in [2.05, 4.69) is 0 Å². The summed E-state index contributed by atoms with van der Waals surface area (Å²) in [6, 6.07) is 0. The molecular formula is C9H17NO2. The molecule has 1 aliphatic rings. The molecule has 0 bridgehead atoms. The number of nitrogens with two attached hydrogens (primary N) is 1. The van der Waals surface area contributed by atoms with Crippen molar-refractivity contribution < 1.29 is 9.53 Å². The maximum absolute atomic E-state index is 11.4. The average molecular weight is 171 g/mol.